The van der Waals surface area contributed by atoms with Gasteiger partial charge >= 0.3 is 0 Å². The van der Waals surface area contributed by atoms with Gasteiger partial charge in [-0.2, -0.15) is 0 Å². The number of benzene rings is 2. The van der Waals surface area contributed by atoms with Gasteiger partial charge in [0, 0.05) is 11.3 Å². The molecule has 2 aromatic rings. The van der Waals surface area contributed by atoms with Crippen LogP contribution in [0.3, 0.4) is 0 Å². The van der Waals surface area contributed by atoms with Crippen LogP contribution < -0.4 is 10.6 Å². The highest BCUT2D eigenvalue weighted by Crippen LogP contribution is 2.10. The summed E-state index contributed by atoms with van der Waals surface area (Å²) in [5.74, 6) is -1.17. The van der Waals surface area contributed by atoms with Gasteiger partial charge in [-0.1, -0.05) is 12.1 Å². The van der Waals surface area contributed by atoms with E-state index >= 15 is 0 Å². The molecule has 0 fully saturated rings. The van der Waals surface area contributed by atoms with Gasteiger partial charge in [0.1, 0.15) is 5.82 Å². The number of halogens is 1. The van der Waals surface area contributed by atoms with Crippen molar-refractivity contribution in [3.05, 3.63) is 65.0 Å². The maximum Gasteiger partial charge on any atom is 0.251 e. The first-order chi connectivity index (χ1) is 10.5. The number of hydrogen-bond donors (Lipinski definition) is 2. The summed E-state index contributed by atoms with van der Waals surface area (Å²) in [5.41, 5.74) is 2.96. The first kappa shape index (κ1) is 15.7. The smallest absolute Gasteiger partial charge is 0.251 e. The molecule has 2 amide bonds. The summed E-state index contributed by atoms with van der Waals surface area (Å²) in [7, 11) is 0. The predicted molar refractivity (Wildman–Crippen MR) is 83.3 cm³/mol. The minimum absolute atomic E-state index is 0.178. The first-order valence-electron chi connectivity index (χ1n) is 6.86. The fourth-order valence-electron chi connectivity index (χ4n) is 1.92. The molecular weight excluding hydrogens is 283 g/mol. The van der Waals surface area contributed by atoms with E-state index in [4.69, 9.17) is 0 Å². The highest BCUT2D eigenvalue weighted by Gasteiger charge is 2.09. The summed E-state index contributed by atoms with van der Waals surface area (Å²) in [5, 5.41) is 5.05. The molecule has 2 N–H and O–H groups in total. The Labute approximate surface area is 128 Å². The molecular formula is C17H17FN2O2. The van der Waals surface area contributed by atoms with Crippen LogP contribution in [-0.2, 0) is 4.79 Å². The molecule has 0 aromatic heterocycles. The number of aryl methyl sites for hydroxylation is 2. The molecule has 0 heterocycles. The second-order valence-electron chi connectivity index (χ2n) is 5.04. The third-order valence-electron chi connectivity index (χ3n) is 3.29. The Morgan fingerprint density at radius 2 is 1.82 bits per heavy atom. The van der Waals surface area contributed by atoms with Crippen LogP contribution >= 0.6 is 0 Å². The Balaban J connectivity index is 1.90. The Morgan fingerprint density at radius 1 is 1.05 bits per heavy atom. The molecule has 4 nitrogen and oxygen atoms in total. The number of amides is 2. The van der Waals surface area contributed by atoms with Gasteiger partial charge in [-0.15, -0.1) is 0 Å². The zero-order valence-electron chi connectivity index (χ0n) is 12.4. The average Bonchev–Trinajstić information content (AvgIpc) is 2.47. The summed E-state index contributed by atoms with van der Waals surface area (Å²) in [6.45, 7) is 3.70. The van der Waals surface area contributed by atoms with E-state index in [1.165, 1.54) is 18.2 Å². The number of carbonyl (C=O) groups excluding carboxylic acids is 2. The number of carbonyl (C=O) groups is 2. The number of hydrogen-bond acceptors (Lipinski definition) is 2. The van der Waals surface area contributed by atoms with Crippen molar-refractivity contribution in [2.75, 3.05) is 11.9 Å². The highest BCUT2D eigenvalue weighted by atomic mass is 19.1. The predicted octanol–water partition coefficient (Wildman–Crippen LogP) is 2.81. The zero-order chi connectivity index (χ0) is 16.1. The fraction of sp³-hybridized carbons (Fsp3) is 0.176. The van der Waals surface area contributed by atoms with Crippen molar-refractivity contribution in [1.29, 1.82) is 0 Å². The molecule has 0 aliphatic carbocycles. The quantitative estimate of drug-likeness (QED) is 0.912. The second-order valence-corrected chi connectivity index (χ2v) is 5.04. The Morgan fingerprint density at radius 3 is 2.50 bits per heavy atom. The van der Waals surface area contributed by atoms with E-state index in [1.54, 1.807) is 18.2 Å². The third-order valence-corrected chi connectivity index (χ3v) is 3.29. The van der Waals surface area contributed by atoms with E-state index in [0.717, 1.165) is 11.1 Å². The highest BCUT2D eigenvalue weighted by molar-refractivity contribution is 5.99. The van der Waals surface area contributed by atoms with Crippen LogP contribution in [0.15, 0.2) is 42.5 Å². The third kappa shape index (κ3) is 4.15. The summed E-state index contributed by atoms with van der Waals surface area (Å²) in [4.78, 5) is 23.7. The lowest BCUT2D eigenvalue weighted by Gasteiger charge is -2.08. The number of nitrogens with one attached hydrogen (secondary N) is 2. The first-order valence-corrected chi connectivity index (χ1v) is 6.86. The van der Waals surface area contributed by atoms with E-state index in [9.17, 15) is 14.0 Å². The molecule has 0 unspecified atom stereocenters. The number of anilines is 1. The van der Waals surface area contributed by atoms with Gasteiger partial charge in [-0.05, 0) is 55.3 Å². The molecule has 0 radical (unpaired) electrons. The fourth-order valence-corrected chi connectivity index (χ4v) is 1.92. The van der Waals surface area contributed by atoms with E-state index < -0.39 is 11.7 Å². The molecule has 0 bridgehead atoms. The van der Waals surface area contributed by atoms with Crippen LogP contribution in [0.2, 0.25) is 0 Å². The lowest BCUT2D eigenvalue weighted by molar-refractivity contribution is -0.115. The van der Waals surface area contributed by atoms with Crippen molar-refractivity contribution in [3.8, 4) is 0 Å². The summed E-state index contributed by atoms with van der Waals surface area (Å²) >= 11 is 0. The lowest BCUT2D eigenvalue weighted by atomic mass is 10.1. The van der Waals surface area contributed by atoms with Gasteiger partial charge in [-0.25, -0.2) is 4.39 Å². The maximum absolute atomic E-state index is 13.0. The van der Waals surface area contributed by atoms with Gasteiger partial charge in [0.15, 0.2) is 0 Å². The van der Waals surface area contributed by atoms with Crippen molar-refractivity contribution < 1.29 is 14.0 Å². The molecule has 2 rings (SSSR count). The van der Waals surface area contributed by atoms with Crippen LogP contribution in [0.1, 0.15) is 21.5 Å². The van der Waals surface area contributed by atoms with E-state index in [2.05, 4.69) is 10.6 Å². The molecule has 114 valence electrons. The molecule has 0 saturated carbocycles. The van der Waals surface area contributed by atoms with Crippen molar-refractivity contribution in [3.63, 3.8) is 0 Å². The summed E-state index contributed by atoms with van der Waals surface area (Å²) in [6, 6.07) is 10.9. The second kappa shape index (κ2) is 6.85. The van der Waals surface area contributed by atoms with Crippen molar-refractivity contribution in [1.82, 2.24) is 5.32 Å². The van der Waals surface area contributed by atoms with E-state index in [0.29, 0.717) is 11.3 Å². The van der Waals surface area contributed by atoms with Crippen molar-refractivity contribution in [2.24, 2.45) is 0 Å². The van der Waals surface area contributed by atoms with Crippen LogP contribution in [0.25, 0.3) is 0 Å². The van der Waals surface area contributed by atoms with Gasteiger partial charge in [0.2, 0.25) is 5.91 Å². The molecule has 0 spiro atoms. The van der Waals surface area contributed by atoms with E-state index in [-0.39, 0.29) is 12.5 Å². The van der Waals surface area contributed by atoms with Gasteiger partial charge in [-0.3, -0.25) is 9.59 Å². The van der Waals surface area contributed by atoms with Crippen molar-refractivity contribution >= 4 is 17.5 Å². The van der Waals surface area contributed by atoms with Gasteiger partial charge < -0.3 is 10.6 Å². The Kier molecular flexibility index (Phi) is 4.88. The van der Waals surface area contributed by atoms with Crippen LogP contribution in [-0.4, -0.2) is 18.4 Å². The largest absolute Gasteiger partial charge is 0.343 e. The molecule has 0 atom stereocenters. The molecule has 5 heteroatoms. The molecule has 0 aliphatic rings. The van der Waals surface area contributed by atoms with E-state index in [1.807, 2.05) is 19.9 Å². The molecule has 22 heavy (non-hydrogen) atoms. The topological polar surface area (TPSA) is 58.2 Å². The Bertz CT molecular complexity index is 714. The normalized spacial score (nSPS) is 10.1. The minimum Gasteiger partial charge on any atom is -0.343 e. The van der Waals surface area contributed by atoms with Gasteiger partial charge in [0.25, 0.3) is 5.91 Å². The summed E-state index contributed by atoms with van der Waals surface area (Å²) < 4.78 is 13.0. The Hall–Kier alpha value is -2.69. The lowest BCUT2D eigenvalue weighted by Crippen LogP contribution is -2.32. The average molecular weight is 300 g/mol. The zero-order valence-corrected chi connectivity index (χ0v) is 12.4. The van der Waals surface area contributed by atoms with Crippen LogP contribution in [0, 0.1) is 19.7 Å². The standard InChI is InChI=1S/C17H17FN2O2/c1-11-6-7-13(8-12(11)2)17(22)19-10-16(21)20-15-5-3-4-14(18)9-15/h3-9H,10H2,1-2H3,(H,19,22)(H,20,21). The molecule has 2 aromatic carbocycles. The summed E-state index contributed by atoms with van der Waals surface area (Å²) in [6.07, 6.45) is 0. The van der Waals surface area contributed by atoms with Crippen LogP contribution in [0.5, 0.6) is 0 Å². The van der Waals surface area contributed by atoms with Gasteiger partial charge in [0.05, 0.1) is 6.54 Å². The maximum atomic E-state index is 13.0. The van der Waals surface area contributed by atoms with Crippen molar-refractivity contribution in [2.45, 2.75) is 13.8 Å². The van der Waals surface area contributed by atoms with Crippen LogP contribution in [0.4, 0.5) is 10.1 Å². The molecule has 0 saturated heterocycles. The molecule has 0 aliphatic heterocycles. The SMILES string of the molecule is Cc1ccc(C(=O)NCC(=O)Nc2cccc(F)c2)cc1C. The monoisotopic (exact) mass is 300 g/mol. The minimum atomic E-state index is -0.433. The number of rotatable bonds is 4.